The van der Waals surface area contributed by atoms with E-state index in [1.54, 1.807) is 0 Å². The molecule has 1 heterocycles. The molecule has 1 rings (SSSR count). The standard InChI is InChI=1S/C9H19NO4S/c1-8-6-10(7-9(2)14-8)15(12,13)5-3-4-11/h8-9,11H,3-7H2,1-2H3. The second-order valence-electron chi connectivity index (χ2n) is 3.97. The number of rotatable bonds is 4. The molecule has 2 unspecified atom stereocenters. The van der Waals surface area contributed by atoms with E-state index in [0.717, 1.165) is 0 Å². The quantitative estimate of drug-likeness (QED) is 0.736. The van der Waals surface area contributed by atoms with E-state index < -0.39 is 10.0 Å². The Morgan fingerprint density at radius 1 is 1.33 bits per heavy atom. The van der Waals surface area contributed by atoms with Crippen LogP contribution >= 0.6 is 0 Å². The van der Waals surface area contributed by atoms with Crippen molar-refractivity contribution in [1.82, 2.24) is 4.31 Å². The topological polar surface area (TPSA) is 66.8 Å². The minimum Gasteiger partial charge on any atom is -0.396 e. The van der Waals surface area contributed by atoms with Crippen LogP contribution in [0, 0.1) is 0 Å². The van der Waals surface area contributed by atoms with Gasteiger partial charge in [-0.2, -0.15) is 4.31 Å². The van der Waals surface area contributed by atoms with Gasteiger partial charge in [0.25, 0.3) is 0 Å². The molecule has 0 radical (unpaired) electrons. The number of aliphatic hydroxyl groups is 1. The lowest BCUT2D eigenvalue weighted by atomic mass is 10.3. The Balaban J connectivity index is 2.61. The fourth-order valence-electron chi connectivity index (χ4n) is 1.73. The van der Waals surface area contributed by atoms with E-state index in [1.807, 2.05) is 13.8 Å². The van der Waals surface area contributed by atoms with E-state index in [1.165, 1.54) is 4.31 Å². The summed E-state index contributed by atoms with van der Waals surface area (Å²) in [5.41, 5.74) is 0. The van der Waals surface area contributed by atoms with Crippen LogP contribution in [0.5, 0.6) is 0 Å². The normalized spacial score (nSPS) is 29.3. The minimum atomic E-state index is -3.22. The van der Waals surface area contributed by atoms with Crippen LogP contribution in [-0.4, -0.2) is 55.5 Å². The first-order valence-corrected chi connectivity index (χ1v) is 6.81. The lowest BCUT2D eigenvalue weighted by molar-refractivity contribution is -0.0440. The third-order valence-electron chi connectivity index (χ3n) is 2.34. The molecule has 0 spiro atoms. The highest BCUT2D eigenvalue weighted by molar-refractivity contribution is 7.89. The Morgan fingerprint density at radius 2 is 1.87 bits per heavy atom. The Hall–Kier alpha value is -0.170. The largest absolute Gasteiger partial charge is 0.396 e. The molecule has 15 heavy (non-hydrogen) atoms. The van der Waals surface area contributed by atoms with Crippen LogP contribution in [0.3, 0.4) is 0 Å². The highest BCUT2D eigenvalue weighted by Gasteiger charge is 2.30. The zero-order chi connectivity index (χ0) is 11.5. The summed E-state index contributed by atoms with van der Waals surface area (Å²) >= 11 is 0. The maximum absolute atomic E-state index is 11.8. The van der Waals surface area contributed by atoms with Crippen molar-refractivity contribution in [3.05, 3.63) is 0 Å². The molecule has 1 N–H and O–H groups in total. The first-order chi connectivity index (χ1) is 6.95. The molecule has 0 amide bonds. The summed E-state index contributed by atoms with van der Waals surface area (Å²) in [7, 11) is -3.22. The summed E-state index contributed by atoms with van der Waals surface area (Å²) in [4.78, 5) is 0. The fraction of sp³-hybridized carbons (Fsp3) is 1.00. The number of sulfonamides is 1. The van der Waals surface area contributed by atoms with Gasteiger partial charge in [0.1, 0.15) is 0 Å². The molecule has 90 valence electrons. The van der Waals surface area contributed by atoms with Gasteiger partial charge in [-0.3, -0.25) is 0 Å². The number of hydrogen-bond acceptors (Lipinski definition) is 4. The summed E-state index contributed by atoms with van der Waals surface area (Å²) < 4.78 is 30.5. The molecular formula is C9H19NO4S. The third-order valence-corrected chi connectivity index (χ3v) is 4.23. The molecule has 5 nitrogen and oxygen atoms in total. The van der Waals surface area contributed by atoms with Gasteiger partial charge in [-0.1, -0.05) is 0 Å². The third kappa shape index (κ3) is 3.71. The van der Waals surface area contributed by atoms with Crippen LogP contribution < -0.4 is 0 Å². The summed E-state index contributed by atoms with van der Waals surface area (Å²) in [6, 6.07) is 0. The Bertz CT molecular complexity index is 280. The van der Waals surface area contributed by atoms with Crippen LogP contribution in [0.15, 0.2) is 0 Å². The van der Waals surface area contributed by atoms with Crippen molar-refractivity contribution in [3.8, 4) is 0 Å². The molecule has 0 aliphatic carbocycles. The number of nitrogens with zero attached hydrogens (tertiary/aromatic N) is 1. The van der Waals surface area contributed by atoms with Gasteiger partial charge in [0, 0.05) is 19.7 Å². The van der Waals surface area contributed by atoms with Crippen molar-refractivity contribution in [2.75, 3.05) is 25.4 Å². The Morgan fingerprint density at radius 3 is 2.33 bits per heavy atom. The van der Waals surface area contributed by atoms with E-state index in [0.29, 0.717) is 19.5 Å². The van der Waals surface area contributed by atoms with Crippen molar-refractivity contribution in [1.29, 1.82) is 0 Å². The van der Waals surface area contributed by atoms with Crippen molar-refractivity contribution < 1.29 is 18.3 Å². The first kappa shape index (κ1) is 12.9. The van der Waals surface area contributed by atoms with Gasteiger partial charge >= 0.3 is 0 Å². The van der Waals surface area contributed by atoms with Gasteiger partial charge in [0.15, 0.2) is 0 Å². The lowest BCUT2D eigenvalue weighted by Crippen LogP contribution is -2.48. The maximum atomic E-state index is 11.8. The zero-order valence-corrected chi connectivity index (χ0v) is 10.0. The molecule has 1 fully saturated rings. The molecule has 0 saturated carbocycles. The summed E-state index contributed by atoms with van der Waals surface area (Å²) in [5, 5.41) is 8.62. The van der Waals surface area contributed by atoms with Crippen LogP contribution in [0.25, 0.3) is 0 Å². The van der Waals surface area contributed by atoms with Crippen LogP contribution in [0.2, 0.25) is 0 Å². The van der Waals surface area contributed by atoms with Crippen LogP contribution in [-0.2, 0) is 14.8 Å². The molecule has 1 aliphatic rings. The molecule has 0 aromatic heterocycles. The van der Waals surface area contributed by atoms with E-state index in [9.17, 15) is 8.42 Å². The number of aliphatic hydroxyl groups excluding tert-OH is 1. The molecule has 0 aromatic rings. The van der Waals surface area contributed by atoms with Gasteiger partial charge in [-0.05, 0) is 20.3 Å². The molecule has 0 aromatic carbocycles. The minimum absolute atomic E-state index is 0.0168. The van der Waals surface area contributed by atoms with E-state index in [-0.39, 0.29) is 24.6 Å². The van der Waals surface area contributed by atoms with Crippen molar-refractivity contribution in [2.45, 2.75) is 32.5 Å². The average molecular weight is 237 g/mol. The molecular weight excluding hydrogens is 218 g/mol. The predicted octanol–water partition coefficient (Wildman–Crippen LogP) is -0.192. The van der Waals surface area contributed by atoms with Gasteiger partial charge in [0.2, 0.25) is 10.0 Å². The van der Waals surface area contributed by atoms with E-state index in [4.69, 9.17) is 9.84 Å². The van der Waals surface area contributed by atoms with Gasteiger partial charge in [0.05, 0.1) is 18.0 Å². The monoisotopic (exact) mass is 237 g/mol. The van der Waals surface area contributed by atoms with Gasteiger partial charge < -0.3 is 9.84 Å². The van der Waals surface area contributed by atoms with Crippen LogP contribution in [0.4, 0.5) is 0 Å². The Kier molecular flexibility index (Phi) is 4.51. The molecule has 2 atom stereocenters. The average Bonchev–Trinajstić information content (AvgIpc) is 2.13. The molecule has 6 heteroatoms. The summed E-state index contributed by atoms with van der Waals surface area (Å²) in [6.07, 6.45) is 0.179. The highest BCUT2D eigenvalue weighted by atomic mass is 32.2. The zero-order valence-electron chi connectivity index (χ0n) is 9.22. The number of hydrogen-bond donors (Lipinski definition) is 1. The van der Waals surface area contributed by atoms with Gasteiger partial charge in [-0.15, -0.1) is 0 Å². The second-order valence-corrected chi connectivity index (χ2v) is 6.06. The smallest absolute Gasteiger partial charge is 0.214 e. The summed E-state index contributed by atoms with van der Waals surface area (Å²) in [5.74, 6) is 0.0168. The summed E-state index contributed by atoms with van der Waals surface area (Å²) in [6.45, 7) is 4.47. The Labute approximate surface area is 91.1 Å². The predicted molar refractivity (Wildman–Crippen MR) is 57.1 cm³/mol. The maximum Gasteiger partial charge on any atom is 0.214 e. The van der Waals surface area contributed by atoms with Crippen molar-refractivity contribution >= 4 is 10.0 Å². The SMILES string of the molecule is CC1CN(S(=O)(=O)CCCO)CC(C)O1. The molecule has 0 bridgehead atoms. The second kappa shape index (κ2) is 5.25. The molecule has 1 aliphatic heterocycles. The van der Waals surface area contributed by atoms with Crippen molar-refractivity contribution in [2.24, 2.45) is 0 Å². The lowest BCUT2D eigenvalue weighted by Gasteiger charge is -2.34. The first-order valence-electron chi connectivity index (χ1n) is 5.20. The highest BCUT2D eigenvalue weighted by Crippen LogP contribution is 2.15. The molecule has 1 saturated heterocycles. The number of ether oxygens (including phenoxy) is 1. The van der Waals surface area contributed by atoms with Gasteiger partial charge in [-0.25, -0.2) is 8.42 Å². The number of morpholine rings is 1. The van der Waals surface area contributed by atoms with E-state index in [2.05, 4.69) is 0 Å². The fourth-order valence-corrected chi connectivity index (χ4v) is 3.36. The van der Waals surface area contributed by atoms with E-state index >= 15 is 0 Å². The van der Waals surface area contributed by atoms with Crippen molar-refractivity contribution in [3.63, 3.8) is 0 Å². The van der Waals surface area contributed by atoms with Crippen LogP contribution in [0.1, 0.15) is 20.3 Å².